The number of aliphatic imine (C=N–C) groups is 1. The molecule has 1 fully saturated rings. The second-order valence-electron chi connectivity index (χ2n) is 6.80. The van der Waals surface area contributed by atoms with Crippen molar-refractivity contribution in [3.8, 4) is 0 Å². The first-order valence-electron chi connectivity index (χ1n) is 9.61. The molecule has 0 aromatic heterocycles. The summed E-state index contributed by atoms with van der Waals surface area (Å²) in [4.78, 5) is 4.54. The summed E-state index contributed by atoms with van der Waals surface area (Å²) in [6.45, 7) is 8.02. The zero-order chi connectivity index (χ0) is 18.7. The van der Waals surface area contributed by atoms with Gasteiger partial charge in [0, 0.05) is 32.9 Å². The lowest BCUT2D eigenvalue weighted by atomic mass is 9.96. The van der Waals surface area contributed by atoms with Crippen LogP contribution in [-0.4, -0.2) is 56.6 Å². The molecule has 0 bridgehead atoms. The highest BCUT2D eigenvalue weighted by Crippen LogP contribution is 2.20. The van der Waals surface area contributed by atoms with Gasteiger partial charge in [0.15, 0.2) is 5.96 Å². The molecule has 154 valence electrons. The van der Waals surface area contributed by atoms with Gasteiger partial charge >= 0.3 is 0 Å². The number of hydrogen-bond donors (Lipinski definition) is 3. The minimum absolute atomic E-state index is 0. The van der Waals surface area contributed by atoms with E-state index < -0.39 is 5.60 Å². The van der Waals surface area contributed by atoms with Gasteiger partial charge in [-0.2, -0.15) is 0 Å². The number of nitrogens with one attached hydrogen (secondary N) is 2. The summed E-state index contributed by atoms with van der Waals surface area (Å²) >= 11 is 0. The number of ether oxygens (including phenoxy) is 2. The van der Waals surface area contributed by atoms with Gasteiger partial charge in [-0.25, -0.2) is 4.99 Å². The summed E-state index contributed by atoms with van der Waals surface area (Å²) in [6, 6.07) is 9.63. The standard InChI is InChI=1S/C20H33N3O3.HI/c1-3-21-19(22-12-7-13-26-18-10-14-25-15-11-18)23-16-20(2,24)17-8-5-4-6-9-17;/h4-6,8-9,18,24H,3,7,10-16H2,1-2H3,(H2,21,22,23);1H. The Morgan fingerprint density at radius 2 is 1.96 bits per heavy atom. The topological polar surface area (TPSA) is 75.1 Å². The first kappa shape index (κ1) is 24.1. The van der Waals surface area contributed by atoms with Crippen LogP contribution in [0.3, 0.4) is 0 Å². The third-order valence-electron chi connectivity index (χ3n) is 4.42. The van der Waals surface area contributed by atoms with E-state index >= 15 is 0 Å². The summed E-state index contributed by atoms with van der Waals surface area (Å²) < 4.78 is 11.2. The Bertz CT molecular complexity index is 535. The van der Waals surface area contributed by atoms with Crippen molar-refractivity contribution in [2.75, 3.05) is 39.5 Å². The van der Waals surface area contributed by atoms with Gasteiger partial charge < -0.3 is 25.2 Å². The fourth-order valence-electron chi connectivity index (χ4n) is 2.83. The molecule has 1 aliphatic rings. The zero-order valence-corrected chi connectivity index (χ0v) is 18.8. The smallest absolute Gasteiger partial charge is 0.191 e. The average Bonchev–Trinajstić information content (AvgIpc) is 2.67. The summed E-state index contributed by atoms with van der Waals surface area (Å²) in [5, 5.41) is 17.2. The van der Waals surface area contributed by atoms with Crippen LogP contribution >= 0.6 is 24.0 Å². The van der Waals surface area contributed by atoms with E-state index in [0.717, 1.165) is 63.7 Å². The van der Waals surface area contributed by atoms with Crippen LogP contribution in [-0.2, 0) is 15.1 Å². The molecule has 0 aliphatic carbocycles. The van der Waals surface area contributed by atoms with E-state index in [1.165, 1.54) is 0 Å². The highest BCUT2D eigenvalue weighted by molar-refractivity contribution is 14.0. The van der Waals surface area contributed by atoms with Crippen LogP contribution in [0.15, 0.2) is 35.3 Å². The summed E-state index contributed by atoms with van der Waals surface area (Å²) in [6.07, 6.45) is 3.24. The van der Waals surface area contributed by atoms with E-state index in [1.807, 2.05) is 37.3 Å². The Labute approximate surface area is 180 Å². The number of rotatable bonds is 9. The van der Waals surface area contributed by atoms with E-state index in [2.05, 4.69) is 15.6 Å². The van der Waals surface area contributed by atoms with E-state index in [4.69, 9.17) is 9.47 Å². The number of benzene rings is 1. The minimum Gasteiger partial charge on any atom is -0.384 e. The molecule has 0 amide bonds. The summed E-state index contributed by atoms with van der Waals surface area (Å²) in [7, 11) is 0. The van der Waals surface area contributed by atoms with Gasteiger partial charge in [0.25, 0.3) is 0 Å². The molecule has 0 radical (unpaired) electrons. The maximum absolute atomic E-state index is 10.7. The van der Waals surface area contributed by atoms with Crippen LogP contribution in [0.1, 0.15) is 38.7 Å². The molecule has 1 aliphatic heterocycles. The number of halogens is 1. The summed E-state index contributed by atoms with van der Waals surface area (Å²) in [5.74, 6) is 0.717. The van der Waals surface area contributed by atoms with Crippen molar-refractivity contribution < 1.29 is 14.6 Å². The number of aliphatic hydroxyl groups is 1. The Hall–Kier alpha value is -0.900. The molecule has 27 heavy (non-hydrogen) atoms. The molecule has 1 saturated heterocycles. The largest absolute Gasteiger partial charge is 0.384 e. The molecule has 2 rings (SSSR count). The molecular weight excluding hydrogens is 457 g/mol. The monoisotopic (exact) mass is 491 g/mol. The minimum atomic E-state index is -0.990. The van der Waals surface area contributed by atoms with Crippen molar-refractivity contribution in [1.82, 2.24) is 10.6 Å². The molecule has 1 aromatic rings. The lowest BCUT2D eigenvalue weighted by Crippen LogP contribution is -2.39. The average molecular weight is 491 g/mol. The number of nitrogens with zero attached hydrogens (tertiary/aromatic N) is 1. The van der Waals surface area contributed by atoms with Gasteiger partial charge in [0.1, 0.15) is 5.60 Å². The molecular formula is C20H34IN3O3. The van der Waals surface area contributed by atoms with Crippen molar-refractivity contribution in [2.45, 2.75) is 44.8 Å². The van der Waals surface area contributed by atoms with E-state index in [1.54, 1.807) is 6.92 Å². The highest BCUT2D eigenvalue weighted by atomic mass is 127. The Morgan fingerprint density at radius 3 is 2.63 bits per heavy atom. The van der Waals surface area contributed by atoms with Gasteiger partial charge in [-0.05, 0) is 38.7 Å². The van der Waals surface area contributed by atoms with Gasteiger partial charge in [-0.15, -0.1) is 24.0 Å². The van der Waals surface area contributed by atoms with Crippen LogP contribution in [0, 0.1) is 0 Å². The Kier molecular flexibility index (Phi) is 11.9. The third-order valence-corrected chi connectivity index (χ3v) is 4.42. The predicted molar refractivity (Wildman–Crippen MR) is 120 cm³/mol. The molecule has 1 unspecified atom stereocenters. The lowest BCUT2D eigenvalue weighted by Gasteiger charge is -2.23. The molecule has 7 heteroatoms. The quantitative estimate of drug-likeness (QED) is 0.214. The van der Waals surface area contributed by atoms with Gasteiger partial charge in [0.2, 0.25) is 0 Å². The second kappa shape index (κ2) is 13.3. The van der Waals surface area contributed by atoms with Crippen LogP contribution in [0.25, 0.3) is 0 Å². The lowest BCUT2D eigenvalue weighted by molar-refractivity contribution is -0.0320. The summed E-state index contributed by atoms with van der Waals surface area (Å²) in [5.41, 5.74) is -0.125. The molecule has 0 spiro atoms. The SMILES string of the molecule is CCNC(=NCC(C)(O)c1ccccc1)NCCCOC1CCOCC1.I. The van der Waals surface area contributed by atoms with Crippen molar-refractivity contribution in [1.29, 1.82) is 0 Å². The van der Waals surface area contributed by atoms with Gasteiger partial charge in [-0.1, -0.05) is 30.3 Å². The molecule has 6 nitrogen and oxygen atoms in total. The second-order valence-corrected chi connectivity index (χ2v) is 6.80. The van der Waals surface area contributed by atoms with E-state index in [-0.39, 0.29) is 24.0 Å². The normalized spacial score (nSPS) is 17.7. The first-order chi connectivity index (χ1) is 12.6. The number of hydrogen-bond acceptors (Lipinski definition) is 4. The maximum atomic E-state index is 10.7. The predicted octanol–water partition coefficient (Wildman–Crippen LogP) is 2.65. The van der Waals surface area contributed by atoms with Crippen molar-refractivity contribution >= 4 is 29.9 Å². The highest BCUT2D eigenvalue weighted by Gasteiger charge is 2.22. The molecule has 1 atom stereocenters. The van der Waals surface area contributed by atoms with Crippen molar-refractivity contribution in [3.05, 3.63) is 35.9 Å². The molecule has 1 aromatic carbocycles. The van der Waals surface area contributed by atoms with E-state index in [9.17, 15) is 5.11 Å². The Balaban J connectivity index is 0.00000364. The Morgan fingerprint density at radius 1 is 1.26 bits per heavy atom. The van der Waals surface area contributed by atoms with E-state index in [0.29, 0.717) is 12.6 Å². The zero-order valence-electron chi connectivity index (χ0n) is 16.4. The van der Waals surface area contributed by atoms with Gasteiger partial charge in [-0.3, -0.25) is 0 Å². The van der Waals surface area contributed by atoms with Crippen LogP contribution in [0.4, 0.5) is 0 Å². The molecule has 3 N–H and O–H groups in total. The van der Waals surface area contributed by atoms with Gasteiger partial charge in [0.05, 0.1) is 12.6 Å². The number of guanidine groups is 1. The maximum Gasteiger partial charge on any atom is 0.191 e. The third kappa shape index (κ3) is 9.23. The fraction of sp³-hybridized carbons (Fsp3) is 0.650. The fourth-order valence-corrected chi connectivity index (χ4v) is 2.83. The van der Waals surface area contributed by atoms with Crippen LogP contribution in [0.2, 0.25) is 0 Å². The van der Waals surface area contributed by atoms with Crippen molar-refractivity contribution in [2.24, 2.45) is 4.99 Å². The first-order valence-corrected chi connectivity index (χ1v) is 9.61. The van der Waals surface area contributed by atoms with Crippen molar-refractivity contribution in [3.63, 3.8) is 0 Å². The molecule has 0 saturated carbocycles. The van der Waals surface area contributed by atoms with Crippen LogP contribution < -0.4 is 10.6 Å². The molecule has 1 heterocycles. The van der Waals surface area contributed by atoms with Crippen LogP contribution in [0.5, 0.6) is 0 Å².